The molecule has 116 valence electrons. The Labute approximate surface area is 125 Å². The Kier molecular flexibility index (Phi) is 3.85. The van der Waals surface area contributed by atoms with E-state index in [4.69, 9.17) is 5.26 Å². The van der Waals surface area contributed by atoms with E-state index in [1.165, 1.54) is 6.19 Å². The van der Waals surface area contributed by atoms with Crippen LogP contribution in [0.2, 0.25) is 0 Å². The smallest absolute Gasteiger partial charge is 0.276 e. The molecule has 0 atom stereocenters. The van der Waals surface area contributed by atoms with Crippen molar-refractivity contribution in [1.82, 2.24) is 20.7 Å². The molecule has 0 saturated carbocycles. The summed E-state index contributed by atoms with van der Waals surface area (Å²) in [7, 11) is 0. The summed E-state index contributed by atoms with van der Waals surface area (Å²) >= 11 is 0. The lowest BCUT2D eigenvalue weighted by molar-refractivity contribution is -0.137. The van der Waals surface area contributed by atoms with Gasteiger partial charge >= 0.3 is 18.0 Å². The molecule has 0 aromatic heterocycles. The zero-order valence-corrected chi connectivity index (χ0v) is 10.8. The van der Waals surface area contributed by atoms with Crippen molar-refractivity contribution in [3.63, 3.8) is 0 Å². The lowest BCUT2D eigenvalue weighted by atomic mass is 10.3. The summed E-state index contributed by atoms with van der Waals surface area (Å²) in [5.74, 6) is -4.50. The Bertz CT molecular complexity index is 740. The number of hydrogen-bond acceptors (Lipinski definition) is 10. The Hall–Kier alpha value is -4.02. The summed E-state index contributed by atoms with van der Waals surface area (Å²) in [5.41, 5.74) is -0.935. The summed E-state index contributed by atoms with van der Waals surface area (Å²) in [6, 6.07) is -2.57. The second-order valence-corrected chi connectivity index (χ2v) is 3.85. The SMILES string of the molecule is N#CN=C1C(=O)NC(=O)N(N=NN2C(=O)CC(=O)NC2=O)C1=O. The second-order valence-electron chi connectivity index (χ2n) is 3.85. The van der Waals surface area contributed by atoms with Crippen LogP contribution in [-0.2, 0) is 19.2 Å². The number of nitriles is 1. The number of barbiturate groups is 2. The van der Waals surface area contributed by atoms with Crippen LogP contribution in [-0.4, -0.2) is 51.4 Å². The quantitative estimate of drug-likeness (QED) is 0.325. The van der Waals surface area contributed by atoms with E-state index in [2.05, 4.69) is 15.4 Å². The number of carbonyl (C=O) groups excluding carboxylic acids is 6. The molecule has 0 aromatic rings. The molecule has 14 nitrogen and oxygen atoms in total. The molecule has 2 fully saturated rings. The average molecular weight is 320 g/mol. The number of urea groups is 2. The van der Waals surface area contributed by atoms with Gasteiger partial charge in [-0.3, -0.25) is 29.8 Å². The summed E-state index contributed by atoms with van der Waals surface area (Å²) in [6.07, 6.45) is 0.498. The van der Waals surface area contributed by atoms with Crippen LogP contribution < -0.4 is 10.6 Å². The van der Waals surface area contributed by atoms with Gasteiger partial charge in [0.05, 0.1) is 0 Å². The average Bonchev–Trinajstić information content (AvgIpc) is 2.45. The maximum atomic E-state index is 11.8. The fourth-order valence-corrected chi connectivity index (χ4v) is 1.44. The molecule has 2 aliphatic rings. The number of amides is 8. The van der Waals surface area contributed by atoms with E-state index in [9.17, 15) is 28.8 Å². The molecule has 2 aliphatic heterocycles. The van der Waals surface area contributed by atoms with Crippen molar-refractivity contribution in [1.29, 1.82) is 5.26 Å². The van der Waals surface area contributed by atoms with Gasteiger partial charge < -0.3 is 0 Å². The first-order chi connectivity index (χ1) is 10.8. The molecule has 2 saturated heterocycles. The summed E-state index contributed by atoms with van der Waals surface area (Å²) in [4.78, 5) is 71.2. The van der Waals surface area contributed by atoms with E-state index in [0.717, 1.165) is 0 Å². The molecule has 2 rings (SSSR count). The highest BCUT2D eigenvalue weighted by Crippen LogP contribution is 2.07. The van der Waals surface area contributed by atoms with Gasteiger partial charge in [-0.2, -0.15) is 10.3 Å². The van der Waals surface area contributed by atoms with Crippen LogP contribution in [0.15, 0.2) is 15.4 Å². The van der Waals surface area contributed by atoms with E-state index in [-0.39, 0.29) is 10.0 Å². The molecule has 8 amide bonds. The van der Waals surface area contributed by atoms with E-state index >= 15 is 0 Å². The standard InChI is InChI=1S/C9H4N8O6/c10-2-11-5-6(20)13-9(23)17(7(5)21)15-14-16-4(19)1-3(18)12-8(16)22/h1H2,(H,12,18,22)(H,13,20,23). The van der Waals surface area contributed by atoms with Crippen molar-refractivity contribution >= 4 is 41.4 Å². The summed E-state index contributed by atoms with van der Waals surface area (Å²) in [5, 5.41) is 18.0. The topological polar surface area (TPSA) is 194 Å². The molecule has 0 bridgehead atoms. The number of aliphatic imine (C=N–C) groups is 1. The van der Waals surface area contributed by atoms with Crippen molar-refractivity contribution in [2.24, 2.45) is 15.4 Å². The van der Waals surface area contributed by atoms with E-state index in [0.29, 0.717) is 0 Å². The minimum absolute atomic E-state index is 0.0193. The second kappa shape index (κ2) is 5.77. The van der Waals surface area contributed by atoms with Gasteiger partial charge in [-0.25, -0.2) is 9.59 Å². The zero-order valence-electron chi connectivity index (χ0n) is 10.8. The van der Waals surface area contributed by atoms with Crippen LogP contribution in [0.5, 0.6) is 0 Å². The van der Waals surface area contributed by atoms with Gasteiger partial charge in [0.1, 0.15) is 6.42 Å². The minimum Gasteiger partial charge on any atom is -0.276 e. The molecule has 23 heavy (non-hydrogen) atoms. The maximum absolute atomic E-state index is 11.8. The largest absolute Gasteiger partial charge is 0.353 e. The molecule has 0 unspecified atom stereocenters. The van der Waals surface area contributed by atoms with Crippen LogP contribution in [0.1, 0.15) is 6.42 Å². The van der Waals surface area contributed by atoms with Crippen molar-refractivity contribution in [2.75, 3.05) is 0 Å². The highest BCUT2D eigenvalue weighted by atomic mass is 16.2. The van der Waals surface area contributed by atoms with Crippen molar-refractivity contribution < 1.29 is 28.8 Å². The van der Waals surface area contributed by atoms with Crippen LogP contribution in [0.3, 0.4) is 0 Å². The van der Waals surface area contributed by atoms with Gasteiger partial charge in [0.25, 0.3) is 11.8 Å². The molecule has 0 radical (unpaired) electrons. The molecule has 0 spiro atoms. The predicted octanol–water partition coefficient (Wildman–Crippen LogP) is -2.26. The van der Waals surface area contributed by atoms with Gasteiger partial charge in [0.2, 0.25) is 17.8 Å². The highest BCUT2D eigenvalue weighted by Gasteiger charge is 2.39. The molecule has 2 N–H and O–H groups in total. The first kappa shape index (κ1) is 15.4. The molecular formula is C9H4N8O6. The molecule has 0 aromatic carbocycles. The summed E-state index contributed by atoms with van der Waals surface area (Å²) < 4.78 is 0. The van der Waals surface area contributed by atoms with E-state index in [1.807, 2.05) is 0 Å². The fourth-order valence-electron chi connectivity index (χ4n) is 1.44. The van der Waals surface area contributed by atoms with Gasteiger partial charge in [-0.15, -0.1) is 10.0 Å². The molecule has 0 aliphatic carbocycles. The molecular weight excluding hydrogens is 316 g/mol. The first-order valence-electron chi connectivity index (χ1n) is 5.60. The monoisotopic (exact) mass is 320 g/mol. The zero-order chi connectivity index (χ0) is 17.1. The minimum atomic E-state index is -1.38. The van der Waals surface area contributed by atoms with Crippen molar-refractivity contribution in [3.8, 4) is 6.19 Å². The van der Waals surface area contributed by atoms with E-state index in [1.54, 1.807) is 10.6 Å². The lowest BCUT2D eigenvalue weighted by Gasteiger charge is -2.21. The highest BCUT2D eigenvalue weighted by molar-refractivity contribution is 6.68. The number of nitrogens with zero attached hydrogens (tertiary/aromatic N) is 6. The van der Waals surface area contributed by atoms with Crippen LogP contribution in [0.4, 0.5) is 9.59 Å². The molecule has 14 heteroatoms. The first-order valence-corrected chi connectivity index (χ1v) is 5.60. The Morgan fingerprint density at radius 3 is 2.17 bits per heavy atom. The number of hydrogen-bond donors (Lipinski definition) is 2. The normalized spacial score (nSPS) is 20.9. The van der Waals surface area contributed by atoms with Crippen LogP contribution >= 0.6 is 0 Å². The Morgan fingerprint density at radius 1 is 0.957 bits per heavy atom. The van der Waals surface area contributed by atoms with Gasteiger partial charge in [-0.1, -0.05) is 0 Å². The number of nitrogens with one attached hydrogen (secondary N) is 2. The Morgan fingerprint density at radius 2 is 1.57 bits per heavy atom. The Balaban J connectivity index is 2.24. The maximum Gasteiger partial charge on any atom is 0.353 e. The summed E-state index contributed by atoms with van der Waals surface area (Å²) in [6.45, 7) is 0. The number of rotatable bonds is 2. The third-order valence-corrected chi connectivity index (χ3v) is 2.39. The van der Waals surface area contributed by atoms with Gasteiger partial charge in [-0.05, 0) is 10.4 Å². The third-order valence-electron chi connectivity index (χ3n) is 2.39. The fraction of sp³-hybridized carbons (Fsp3) is 0.111. The van der Waals surface area contributed by atoms with Gasteiger partial charge in [0.15, 0.2) is 0 Å². The predicted molar refractivity (Wildman–Crippen MR) is 63.3 cm³/mol. The third kappa shape index (κ3) is 2.87. The number of carbonyl (C=O) groups is 6. The lowest BCUT2D eigenvalue weighted by Crippen LogP contribution is -2.56. The van der Waals surface area contributed by atoms with Gasteiger partial charge in [0, 0.05) is 0 Å². The molecule has 2 heterocycles. The van der Waals surface area contributed by atoms with Crippen molar-refractivity contribution in [3.05, 3.63) is 0 Å². The van der Waals surface area contributed by atoms with Crippen LogP contribution in [0, 0.1) is 11.5 Å². The van der Waals surface area contributed by atoms with Crippen LogP contribution in [0.25, 0.3) is 0 Å². The van der Waals surface area contributed by atoms with Crippen molar-refractivity contribution in [2.45, 2.75) is 6.42 Å². The number of imide groups is 4. The van der Waals surface area contributed by atoms with E-state index < -0.39 is 47.8 Å².